The van der Waals surface area contributed by atoms with Gasteiger partial charge in [0.1, 0.15) is 36.0 Å². The molecule has 0 bridgehead atoms. The number of benzene rings is 1. The van der Waals surface area contributed by atoms with Gasteiger partial charge in [0.15, 0.2) is 5.82 Å². The highest BCUT2D eigenvalue weighted by atomic mass is 16.5. The van der Waals surface area contributed by atoms with Gasteiger partial charge in [-0.15, -0.1) is 0 Å². The van der Waals surface area contributed by atoms with Crippen molar-refractivity contribution in [1.29, 1.82) is 0 Å². The zero-order valence-corrected chi connectivity index (χ0v) is 16.6. The second kappa shape index (κ2) is 6.80. The predicted molar refractivity (Wildman–Crippen MR) is 108 cm³/mol. The minimum atomic E-state index is 0.207. The van der Waals surface area contributed by atoms with Crippen LogP contribution in [0.25, 0.3) is 34.0 Å². The van der Waals surface area contributed by atoms with Crippen LogP contribution in [0.4, 0.5) is 0 Å². The standard InChI is InChI=1S/C21H21N7O/c1-13(2)28-21(24-14(3)26-28)18-11-27-6-7-29-19-8-15(16-9-22-12-23-10-16)4-5-17(19)20(27)25-18/h4-5,8-13H,6-7H2,1-3H3. The first-order valence-electron chi connectivity index (χ1n) is 9.63. The largest absolute Gasteiger partial charge is 0.491 e. The van der Waals surface area contributed by atoms with Gasteiger partial charge >= 0.3 is 0 Å². The molecule has 8 heteroatoms. The van der Waals surface area contributed by atoms with Gasteiger partial charge in [-0.05, 0) is 38.5 Å². The molecule has 1 aliphatic rings. The van der Waals surface area contributed by atoms with Crippen molar-refractivity contribution in [2.75, 3.05) is 6.61 Å². The van der Waals surface area contributed by atoms with E-state index >= 15 is 0 Å². The third-order valence-corrected chi connectivity index (χ3v) is 4.94. The Kier molecular flexibility index (Phi) is 4.12. The van der Waals surface area contributed by atoms with E-state index < -0.39 is 0 Å². The molecule has 0 N–H and O–H groups in total. The van der Waals surface area contributed by atoms with Crippen LogP contribution in [0.2, 0.25) is 0 Å². The Bertz CT molecular complexity index is 1180. The summed E-state index contributed by atoms with van der Waals surface area (Å²) in [5.74, 6) is 3.22. The SMILES string of the molecule is Cc1nc(-c2cn3c(n2)-c2ccc(-c4cncnc4)cc2OCC3)n(C(C)C)n1. The van der Waals surface area contributed by atoms with Gasteiger partial charge in [-0.1, -0.05) is 6.07 Å². The van der Waals surface area contributed by atoms with E-state index in [4.69, 9.17) is 9.72 Å². The number of fused-ring (bicyclic) bond motifs is 3. The maximum Gasteiger partial charge on any atom is 0.178 e. The monoisotopic (exact) mass is 387 g/mol. The normalized spacial score (nSPS) is 13.0. The van der Waals surface area contributed by atoms with Crippen molar-refractivity contribution < 1.29 is 4.74 Å². The number of aryl methyl sites for hydroxylation is 1. The zero-order valence-electron chi connectivity index (χ0n) is 16.6. The molecule has 1 aromatic carbocycles. The van der Waals surface area contributed by atoms with Gasteiger partial charge in [-0.2, -0.15) is 5.10 Å². The quantitative estimate of drug-likeness (QED) is 0.535. The lowest BCUT2D eigenvalue weighted by Crippen LogP contribution is -2.06. The fourth-order valence-corrected chi connectivity index (χ4v) is 3.58. The van der Waals surface area contributed by atoms with Crippen molar-refractivity contribution in [1.82, 2.24) is 34.3 Å². The van der Waals surface area contributed by atoms with Crippen LogP contribution < -0.4 is 4.74 Å². The molecule has 29 heavy (non-hydrogen) atoms. The van der Waals surface area contributed by atoms with Crippen molar-refractivity contribution in [2.45, 2.75) is 33.4 Å². The summed E-state index contributed by atoms with van der Waals surface area (Å²) in [5, 5.41) is 4.52. The van der Waals surface area contributed by atoms with E-state index in [0.717, 1.165) is 52.2 Å². The second-order valence-electron chi connectivity index (χ2n) is 7.35. The molecule has 8 nitrogen and oxygen atoms in total. The van der Waals surface area contributed by atoms with E-state index in [2.05, 4.69) is 38.5 Å². The molecule has 0 aliphatic carbocycles. The van der Waals surface area contributed by atoms with E-state index in [1.165, 1.54) is 6.33 Å². The number of nitrogens with zero attached hydrogens (tertiary/aromatic N) is 7. The highest BCUT2D eigenvalue weighted by molar-refractivity contribution is 5.74. The molecular formula is C21H21N7O. The van der Waals surface area contributed by atoms with E-state index in [-0.39, 0.29) is 6.04 Å². The molecule has 0 atom stereocenters. The van der Waals surface area contributed by atoms with Gasteiger partial charge in [0.05, 0.1) is 12.1 Å². The van der Waals surface area contributed by atoms with Crippen LogP contribution in [0.1, 0.15) is 25.7 Å². The Morgan fingerprint density at radius 1 is 1.03 bits per heavy atom. The average Bonchev–Trinajstić information content (AvgIpc) is 3.28. The third-order valence-electron chi connectivity index (χ3n) is 4.94. The predicted octanol–water partition coefficient (Wildman–Crippen LogP) is 3.55. The minimum absolute atomic E-state index is 0.207. The minimum Gasteiger partial charge on any atom is -0.491 e. The molecule has 146 valence electrons. The fourth-order valence-electron chi connectivity index (χ4n) is 3.58. The van der Waals surface area contributed by atoms with Crippen molar-refractivity contribution in [3.8, 4) is 39.8 Å². The van der Waals surface area contributed by atoms with Crippen LogP contribution in [0.3, 0.4) is 0 Å². The lowest BCUT2D eigenvalue weighted by atomic mass is 10.1. The Morgan fingerprint density at radius 3 is 2.66 bits per heavy atom. The van der Waals surface area contributed by atoms with Crippen molar-refractivity contribution in [3.63, 3.8) is 0 Å². The second-order valence-corrected chi connectivity index (χ2v) is 7.35. The molecule has 5 rings (SSSR count). The van der Waals surface area contributed by atoms with Gasteiger partial charge in [0, 0.05) is 30.2 Å². The van der Waals surface area contributed by atoms with Crippen molar-refractivity contribution >= 4 is 0 Å². The summed E-state index contributed by atoms with van der Waals surface area (Å²) in [6.07, 6.45) is 7.16. The molecule has 1 aliphatic heterocycles. The summed E-state index contributed by atoms with van der Waals surface area (Å²) < 4.78 is 10.1. The molecule has 3 aromatic heterocycles. The topological polar surface area (TPSA) is 83.5 Å². The lowest BCUT2D eigenvalue weighted by molar-refractivity contribution is 0.307. The molecular weight excluding hydrogens is 366 g/mol. The molecule has 0 fully saturated rings. The van der Waals surface area contributed by atoms with E-state index in [9.17, 15) is 0 Å². The number of hydrogen-bond acceptors (Lipinski definition) is 6. The summed E-state index contributed by atoms with van der Waals surface area (Å²) in [6, 6.07) is 6.33. The summed E-state index contributed by atoms with van der Waals surface area (Å²) >= 11 is 0. The van der Waals surface area contributed by atoms with E-state index in [1.54, 1.807) is 12.4 Å². The number of imidazole rings is 1. The molecule has 0 amide bonds. The molecule has 0 saturated heterocycles. The highest BCUT2D eigenvalue weighted by Crippen LogP contribution is 2.36. The van der Waals surface area contributed by atoms with Crippen molar-refractivity contribution in [3.05, 3.63) is 48.9 Å². The van der Waals surface area contributed by atoms with Crippen LogP contribution in [-0.2, 0) is 6.54 Å². The van der Waals surface area contributed by atoms with Gasteiger partial charge in [0.25, 0.3) is 0 Å². The Morgan fingerprint density at radius 2 is 1.86 bits per heavy atom. The first-order chi connectivity index (χ1) is 14.1. The summed E-state index contributed by atoms with van der Waals surface area (Å²) in [4.78, 5) is 17.7. The van der Waals surface area contributed by atoms with Crippen LogP contribution in [-0.4, -0.2) is 40.9 Å². The highest BCUT2D eigenvalue weighted by Gasteiger charge is 2.22. The first kappa shape index (κ1) is 17.5. The number of ether oxygens (including phenoxy) is 1. The average molecular weight is 387 g/mol. The number of rotatable bonds is 3. The molecule has 4 aromatic rings. The summed E-state index contributed by atoms with van der Waals surface area (Å²) in [5.41, 5.74) is 3.75. The maximum absolute atomic E-state index is 6.03. The number of aromatic nitrogens is 7. The lowest BCUT2D eigenvalue weighted by Gasteiger charge is -2.09. The summed E-state index contributed by atoms with van der Waals surface area (Å²) in [6.45, 7) is 7.38. The van der Waals surface area contributed by atoms with Gasteiger partial charge in [-0.3, -0.25) is 0 Å². The van der Waals surface area contributed by atoms with E-state index in [1.807, 2.05) is 36.0 Å². The molecule has 0 unspecified atom stereocenters. The van der Waals surface area contributed by atoms with Gasteiger partial charge < -0.3 is 9.30 Å². The van der Waals surface area contributed by atoms with Crippen molar-refractivity contribution in [2.24, 2.45) is 0 Å². The Hall–Kier alpha value is -3.55. The van der Waals surface area contributed by atoms with Crippen LogP contribution in [0.15, 0.2) is 43.1 Å². The Labute approximate surface area is 168 Å². The van der Waals surface area contributed by atoms with Crippen LogP contribution in [0, 0.1) is 6.92 Å². The van der Waals surface area contributed by atoms with Gasteiger partial charge in [0.2, 0.25) is 0 Å². The van der Waals surface area contributed by atoms with Crippen LogP contribution in [0.5, 0.6) is 5.75 Å². The molecule has 0 spiro atoms. The maximum atomic E-state index is 6.03. The van der Waals surface area contributed by atoms with Gasteiger partial charge in [-0.25, -0.2) is 24.6 Å². The zero-order chi connectivity index (χ0) is 20.0. The smallest absolute Gasteiger partial charge is 0.178 e. The van der Waals surface area contributed by atoms with E-state index in [0.29, 0.717) is 6.61 Å². The van der Waals surface area contributed by atoms with Crippen LogP contribution >= 0.6 is 0 Å². The number of hydrogen-bond donors (Lipinski definition) is 0. The first-order valence-corrected chi connectivity index (χ1v) is 9.63. The molecule has 0 saturated carbocycles. The fraction of sp³-hybridized carbons (Fsp3) is 0.286. The molecule has 4 heterocycles. The molecule has 0 radical (unpaired) electrons. The summed E-state index contributed by atoms with van der Waals surface area (Å²) in [7, 11) is 0. The Balaban J connectivity index is 1.60. The third kappa shape index (κ3) is 3.06.